The molecule has 0 saturated carbocycles. The molecular weight excluding hydrogens is 514 g/mol. The van der Waals surface area contributed by atoms with Gasteiger partial charge in [0, 0.05) is 62.4 Å². The van der Waals surface area contributed by atoms with Crippen LogP contribution in [0.3, 0.4) is 0 Å². The fourth-order valence-electron chi connectivity index (χ4n) is 1.15. The molecule has 0 nitrogen and oxygen atoms in total. The zero-order chi connectivity index (χ0) is 27.7. The van der Waals surface area contributed by atoms with Crippen molar-refractivity contribution in [1.29, 1.82) is 0 Å². The summed E-state index contributed by atoms with van der Waals surface area (Å²) in [7, 11) is 20.5. The fourth-order valence-corrected chi connectivity index (χ4v) is 1.15. The average Bonchev–Trinajstić information content (AvgIpc) is 2.92. The molecule has 3 aromatic carbocycles. The van der Waals surface area contributed by atoms with Crippen LogP contribution >= 0.6 is 0 Å². The molecule has 7 heteroatoms. The Morgan fingerprint density at radius 1 is 0.514 bits per heavy atom. The van der Waals surface area contributed by atoms with Gasteiger partial charge >= 0.3 is 0 Å². The zero-order valence-corrected chi connectivity index (χ0v) is 29.0. The second-order valence-electron chi connectivity index (χ2n) is 5.36. The van der Waals surface area contributed by atoms with Crippen molar-refractivity contribution in [3.8, 4) is 0 Å². The molecule has 37 heavy (non-hydrogen) atoms. The summed E-state index contributed by atoms with van der Waals surface area (Å²) in [6, 6.07) is 36.0. The van der Waals surface area contributed by atoms with Crippen LogP contribution in [-0.2, 0) is 32.7 Å². The second kappa shape index (κ2) is 83.6. The van der Waals surface area contributed by atoms with Gasteiger partial charge in [-0.15, -0.1) is 13.6 Å². The summed E-state index contributed by atoms with van der Waals surface area (Å²) >= 11 is 0. The zero-order valence-electron chi connectivity index (χ0n) is 26.1. The molecule has 0 spiro atoms. The average molecular weight is 568 g/mol. The van der Waals surface area contributed by atoms with Crippen LogP contribution in [-0.4, -0.2) is 44.7 Å². The standard InChI is InChI=1S/3C6H6.C3H8.2C2H6.CH3B3.CH3B2.CH3B.2CH3.Y/c3*1-2-4-6-5-3-1;1-3-2;2*1-2;1-4(2)3;1-3-2;1-2;;;/h3*1-6H;3H2,1-2H3;2*1-2H3;1H3;1H3;1H3;2*1H3;/q;;;;;;;;;2*-1;. The van der Waals surface area contributed by atoms with E-state index in [2.05, 4.69) is 21.7 Å². The van der Waals surface area contributed by atoms with Crippen LogP contribution in [0.5, 0.6) is 0 Å². The van der Waals surface area contributed by atoms with E-state index in [1.54, 1.807) is 13.6 Å². The number of benzene rings is 3. The summed E-state index contributed by atoms with van der Waals surface area (Å²) in [5.41, 5.74) is 0. The third-order valence-electron chi connectivity index (χ3n) is 2.00. The van der Waals surface area contributed by atoms with Crippen molar-refractivity contribution >= 4 is 44.7 Å². The molecule has 0 aliphatic rings. The molecule has 0 aromatic heterocycles. The van der Waals surface area contributed by atoms with Crippen molar-refractivity contribution in [2.75, 3.05) is 0 Å². The Kier molecular flexibility index (Phi) is 137. The molecule has 196 valence electrons. The number of hydrogen-bond acceptors (Lipinski definition) is 0. The number of rotatable bonds is 0. The SMILES string of the molecule is CC.CC.CCC.[B]B([B])C.[B]C.[B][B]C.[CH3-].[CH3-].[Y].c1ccccc1.c1ccccc1.c1ccccc1. The first kappa shape index (κ1) is 60.6. The molecule has 0 aliphatic heterocycles. The first-order chi connectivity index (χ1) is 16.6. The predicted octanol–water partition coefficient (Wildman–Crippen LogP) is 8.89. The fraction of sp³-hybridized carbons (Fsp3) is 0.333. The van der Waals surface area contributed by atoms with Gasteiger partial charge in [-0.2, -0.15) is 0 Å². The molecule has 0 unspecified atom stereocenters. The topological polar surface area (TPSA) is 0 Å². The summed E-state index contributed by atoms with van der Waals surface area (Å²) in [6.45, 7) is 17.1. The van der Waals surface area contributed by atoms with Crippen molar-refractivity contribution in [2.45, 2.75) is 68.4 Å². The Bertz CT molecular complexity index is 385. The first-order valence-corrected chi connectivity index (χ1v) is 12.1. The predicted molar refractivity (Wildman–Crippen MR) is 183 cm³/mol. The molecule has 0 heterocycles. The van der Waals surface area contributed by atoms with Crippen LogP contribution < -0.4 is 0 Å². The van der Waals surface area contributed by atoms with Crippen LogP contribution in [0.1, 0.15) is 48.0 Å². The van der Waals surface area contributed by atoms with Crippen LogP contribution in [0.4, 0.5) is 0 Å². The molecule has 0 N–H and O–H groups in total. The first-order valence-electron chi connectivity index (χ1n) is 12.1. The Labute approximate surface area is 268 Å². The van der Waals surface area contributed by atoms with Crippen molar-refractivity contribution in [3.05, 3.63) is 124 Å². The summed E-state index contributed by atoms with van der Waals surface area (Å²) in [5, 5.41) is 0. The van der Waals surface area contributed by atoms with E-state index >= 15 is 0 Å². The summed E-state index contributed by atoms with van der Waals surface area (Å²) < 4.78 is 0. The van der Waals surface area contributed by atoms with Crippen molar-refractivity contribution in [3.63, 3.8) is 0 Å². The van der Waals surface area contributed by atoms with Gasteiger partial charge in [0.25, 0.3) is 0 Å². The molecule has 0 aliphatic carbocycles. The van der Waals surface area contributed by atoms with Gasteiger partial charge in [0.2, 0.25) is 0 Å². The van der Waals surface area contributed by atoms with Crippen molar-refractivity contribution in [2.24, 2.45) is 0 Å². The maximum absolute atomic E-state index is 4.89. The summed E-state index contributed by atoms with van der Waals surface area (Å²) in [4.78, 5) is 0. The van der Waals surface area contributed by atoms with Gasteiger partial charge in [0.1, 0.15) is 0 Å². The Morgan fingerprint density at radius 2 is 0.541 bits per heavy atom. The van der Waals surface area contributed by atoms with Gasteiger partial charge in [-0.3, -0.25) is 0 Å². The molecule has 3 rings (SSSR count). The van der Waals surface area contributed by atoms with Crippen LogP contribution in [0.25, 0.3) is 0 Å². The molecule has 10 radical (unpaired) electrons. The molecule has 0 amide bonds. The Hall–Kier alpha value is -0.846. The van der Waals surface area contributed by atoms with E-state index in [4.69, 9.17) is 23.2 Å². The maximum atomic E-state index is 4.89. The normalized spacial score (nSPS) is 5.86. The molecule has 0 atom stereocenters. The van der Waals surface area contributed by atoms with Gasteiger partial charge in [-0.25, -0.2) is 0 Å². The number of hydrogen-bond donors (Lipinski definition) is 0. The molecule has 0 saturated heterocycles. The molecular formula is C30H53B6Y-2. The summed E-state index contributed by atoms with van der Waals surface area (Å²) in [5.74, 6) is 0. The minimum atomic E-state index is -0.167. The smallest absolute Gasteiger partial charge is 0.0606 e. The molecule has 0 fully saturated rings. The van der Waals surface area contributed by atoms with Crippen LogP contribution in [0, 0.1) is 14.9 Å². The van der Waals surface area contributed by atoms with Gasteiger partial charge in [-0.1, -0.05) is 164 Å². The van der Waals surface area contributed by atoms with E-state index in [9.17, 15) is 0 Å². The quantitative estimate of drug-likeness (QED) is 0.188. The maximum Gasteiger partial charge on any atom is 0.0606 e. The summed E-state index contributed by atoms with van der Waals surface area (Å²) in [6.07, 6.45) is 1.25. The third kappa shape index (κ3) is 131. The minimum absolute atomic E-state index is 0. The van der Waals surface area contributed by atoms with E-state index in [-0.39, 0.29) is 54.1 Å². The molecule has 0 bridgehead atoms. The van der Waals surface area contributed by atoms with Crippen molar-refractivity contribution < 1.29 is 32.7 Å². The second-order valence-corrected chi connectivity index (χ2v) is 5.36. The van der Waals surface area contributed by atoms with Crippen LogP contribution in [0.2, 0.25) is 20.5 Å². The van der Waals surface area contributed by atoms with E-state index in [1.165, 1.54) is 20.4 Å². The van der Waals surface area contributed by atoms with E-state index in [1.807, 2.05) is 137 Å². The Morgan fingerprint density at radius 3 is 0.568 bits per heavy atom. The van der Waals surface area contributed by atoms with E-state index in [0.29, 0.717) is 0 Å². The largest absolute Gasteiger partial charge is 0.358 e. The Balaban J connectivity index is -0.0000000350. The minimum Gasteiger partial charge on any atom is -0.358 e. The monoisotopic (exact) mass is 568 g/mol. The van der Waals surface area contributed by atoms with Crippen molar-refractivity contribution in [1.82, 2.24) is 0 Å². The van der Waals surface area contributed by atoms with Gasteiger partial charge < -0.3 is 14.9 Å². The molecule has 3 aromatic rings. The van der Waals surface area contributed by atoms with Gasteiger partial charge in [-0.05, 0) is 0 Å². The van der Waals surface area contributed by atoms with E-state index < -0.39 is 0 Å². The van der Waals surface area contributed by atoms with Gasteiger partial charge in [0.15, 0.2) is 0 Å². The third-order valence-corrected chi connectivity index (χ3v) is 2.00. The van der Waals surface area contributed by atoms with Crippen LogP contribution in [0.15, 0.2) is 109 Å². The van der Waals surface area contributed by atoms with Gasteiger partial charge in [0.05, 0.1) is 15.0 Å². The van der Waals surface area contributed by atoms with E-state index in [0.717, 1.165) is 0 Å².